The number of aryl methyl sites for hydroxylation is 1. The van der Waals surface area contributed by atoms with Crippen molar-refractivity contribution in [2.75, 3.05) is 21.3 Å². The molecular weight excluding hydrogens is 390 g/mol. The number of rotatable bonds is 9. The van der Waals surface area contributed by atoms with Gasteiger partial charge in [0.05, 0.1) is 26.2 Å². The van der Waals surface area contributed by atoms with Gasteiger partial charge in [-0.05, 0) is 60.2 Å². The molecule has 29 heavy (non-hydrogen) atoms. The van der Waals surface area contributed by atoms with E-state index < -0.39 is 16.1 Å². The first-order valence-corrected chi connectivity index (χ1v) is 11.1. The van der Waals surface area contributed by atoms with Gasteiger partial charge in [-0.2, -0.15) is 0 Å². The molecule has 0 radical (unpaired) electrons. The van der Waals surface area contributed by atoms with Gasteiger partial charge in [-0.3, -0.25) is 0 Å². The second-order valence-electron chi connectivity index (χ2n) is 7.21. The van der Waals surface area contributed by atoms with Crippen LogP contribution in [0.25, 0.3) is 0 Å². The number of ether oxygens (including phenoxy) is 3. The molecule has 0 unspecified atom stereocenters. The molecule has 0 saturated heterocycles. The van der Waals surface area contributed by atoms with E-state index in [1.54, 1.807) is 52.5 Å². The predicted octanol–water partition coefficient (Wildman–Crippen LogP) is 4.57. The summed E-state index contributed by atoms with van der Waals surface area (Å²) >= 11 is 0. The molecule has 0 aromatic heterocycles. The Labute approximate surface area is 174 Å². The first-order valence-electron chi connectivity index (χ1n) is 9.61. The highest BCUT2D eigenvalue weighted by molar-refractivity contribution is 7.89. The fourth-order valence-electron chi connectivity index (χ4n) is 3.30. The van der Waals surface area contributed by atoms with Crippen molar-refractivity contribution in [3.63, 3.8) is 0 Å². The van der Waals surface area contributed by atoms with Crippen molar-refractivity contribution in [3.8, 4) is 17.2 Å². The molecule has 1 N–H and O–H groups in total. The van der Waals surface area contributed by atoms with Crippen LogP contribution in [0.3, 0.4) is 0 Å². The smallest absolute Gasteiger partial charge is 0.241 e. The lowest BCUT2D eigenvalue weighted by Crippen LogP contribution is -2.29. The van der Waals surface area contributed by atoms with Gasteiger partial charge in [-0.25, -0.2) is 13.1 Å². The molecule has 2 aromatic carbocycles. The van der Waals surface area contributed by atoms with E-state index in [2.05, 4.69) is 4.72 Å². The molecule has 0 aliphatic carbocycles. The van der Waals surface area contributed by atoms with Crippen molar-refractivity contribution >= 4 is 10.0 Å². The van der Waals surface area contributed by atoms with Gasteiger partial charge in [0.15, 0.2) is 11.5 Å². The van der Waals surface area contributed by atoms with E-state index in [4.69, 9.17) is 14.2 Å². The van der Waals surface area contributed by atoms with E-state index in [9.17, 15) is 8.42 Å². The van der Waals surface area contributed by atoms with Crippen molar-refractivity contribution in [3.05, 3.63) is 47.0 Å². The minimum absolute atomic E-state index is 0.132. The Morgan fingerprint density at radius 1 is 0.931 bits per heavy atom. The molecule has 2 aromatic rings. The Bertz CT molecular complexity index is 954. The third kappa shape index (κ3) is 5.03. The lowest BCUT2D eigenvalue weighted by atomic mass is 10.0. The van der Waals surface area contributed by atoms with Gasteiger partial charge in [-0.15, -0.1) is 0 Å². The van der Waals surface area contributed by atoms with Gasteiger partial charge in [-0.1, -0.05) is 26.8 Å². The molecule has 2 rings (SSSR count). The van der Waals surface area contributed by atoms with E-state index >= 15 is 0 Å². The summed E-state index contributed by atoms with van der Waals surface area (Å²) < 4.78 is 45.4. The van der Waals surface area contributed by atoms with E-state index in [1.807, 2.05) is 26.8 Å². The Morgan fingerprint density at radius 3 is 2.07 bits per heavy atom. The summed E-state index contributed by atoms with van der Waals surface area (Å²) in [5.74, 6) is 1.99. The molecule has 0 aliphatic rings. The van der Waals surface area contributed by atoms with Crippen LogP contribution in [-0.4, -0.2) is 29.7 Å². The minimum Gasteiger partial charge on any atom is -0.496 e. The SMILES string of the molecule is CC[C@@H](NS(=O)(=O)c1cc(C(C)C)c(OC)cc1C)c1ccc(OC)c(OC)c1. The second-order valence-corrected chi connectivity index (χ2v) is 8.89. The number of benzene rings is 2. The fourth-order valence-corrected chi connectivity index (χ4v) is 4.87. The number of sulfonamides is 1. The standard InChI is InChI=1S/C22H31NO5S/c1-8-18(16-9-10-19(26-5)21(12-16)28-7)23-29(24,25)22-13-17(14(2)3)20(27-6)11-15(22)4/h9-14,18,23H,8H2,1-7H3/t18-/m1/s1. The summed E-state index contributed by atoms with van der Waals surface area (Å²) in [6.45, 7) is 7.73. The van der Waals surface area contributed by atoms with Gasteiger partial charge in [0, 0.05) is 6.04 Å². The summed E-state index contributed by atoms with van der Waals surface area (Å²) in [6.07, 6.45) is 0.584. The Balaban J connectivity index is 2.45. The summed E-state index contributed by atoms with van der Waals surface area (Å²) in [5.41, 5.74) is 2.31. The van der Waals surface area contributed by atoms with Gasteiger partial charge in [0.1, 0.15) is 5.75 Å². The van der Waals surface area contributed by atoms with Gasteiger partial charge >= 0.3 is 0 Å². The van der Waals surface area contributed by atoms with Gasteiger partial charge in [0.25, 0.3) is 0 Å². The van der Waals surface area contributed by atoms with Crippen LogP contribution in [0.2, 0.25) is 0 Å². The maximum absolute atomic E-state index is 13.2. The molecule has 160 valence electrons. The first-order chi connectivity index (χ1) is 13.7. The van der Waals surface area contributed by atoms with Crippen molar-refractivity contribution in [2.45, 2.75) is 51.0 Å². The number of methoxy groups -OCH3 is 3. The monoisotopic (exact) mass is 421 g/mol. The number of nitrogens with one attached hydrogen (secondary N) is 1. The fraction of sp³-hybridized carbons (Fsp3) is 0.455. The zero-order chi connectivity index (χ0) is 21.8. The van der Waals surface area contributed by atoms with Crippen LogP contribution < -0.4 is 18.9 Å². The van der Waals surface area contributed by atoms with E-state index in [0.717, 1.165) is 11.1 Å². The molecule has 0 amide bonds. The minimum atomic E-state index is -3.74. The van der Waals surface area contributed by atoms with Crippen molar-refractivity contribution in [1.82, 2.24) is 4.72 Å². The lowest BCUT2D eigenvalue weighted by Gasteiger charge is -2.21. The van der Waals surface area contributed by atoms with Crippen LogP contribution in [0, 0.1) is 6.92 Å². The van der Waals surface area contributed by atoms with E-state index in [1.165, 1.54) is 0 Å². The summed E-state index contributed by atoms with van der Waals surface area (Å²) in [5, 5.41) is 0. The highest BCUT2D eigenvalue weighted by atomic mass is 32.2. The molecule has 6 nitrogen and oxygen atoms in total. The van der Waals surface area contributed by atoms with Crippen molar-refractivity contribution in [1.29, 1.82) is 0 Å². The van der Waals surface area contributed by atoms with Crippen LogP contribution in [-0.2, 0) is 10.0 Å². The molecule has 0 heterocycles. The van der Waals surface area contributed by atoms with Crippen LogP contribution in [0.15, 0.2) is 35.2 Å². The quantitative estimate of drug-likeness (QED) is 0.642. The Kier molecular flexibility index (Phi) is 7.54. The number of hydrogen-bond acceptors (Lipinski definition) is 5. The van der Waals surface area contributed by atoms with Crippen LogP contribution >= 0.6 is 0 Å². The highest BCUT2D eigenvalue weighted by Crippen LogP contribution is 2.34. The molecule has 0 saturated carbocycles. The normalized spacial score (nSPS) is 12.7. The first kappa shape index (κ1) is 23.0. The zero-order valence-corrected chi connectivity index (χ0v) is 19.0. The highest BCUT2D eigenvalue weighted by Gasteiger charge is 2.25. The van der Waals surface area contributed by atoms with E-state index in [0.29, 0.717) is 29.2 Å². The lowest BCUT2D eigenvalue weighted by molar-refractivity contribution is 0.354. The Hall–Kier alpha value is -2.25. The largest absolute Gasteiger partial charge is 0.496 e. The molecule has 0 bridgehead atoms. The average Bonchev–Trinajstić information content (AvgIpc) is 2.70. The second kappa shape index (κ2) is 9.50. The Morgan fingerprint density at radius 2 is 1.55 bits per heavy atom. The third-order valence-electron chi connectivity index (χ3n) is 4.95. The van der Waals surface area contributed by atoms with Gasteiger partial charge < -0.3 is 14.2 Å². The molecule has 0 aliphatic heterocycles. The van der Waals surface area contributed by atoms with Crippen LogP contribution in [0.5, 0.6) is 17.2 Å². The third-order valence-corrected chi connectivity index (χ3v) is 6.57. The summed E-state index contributed by atoms with van der Waals surface area (Å²) in [4.78, 5) is 0.265. The van der Waals surface area contributed by atoms with Crippen molar-refractivity contribution < 1.29 is 22.6 Å². The molecule has 0 fully saturated rings. The molecular formula is C22H31NO5S. The average molecular weight is 422 g/mol. The maximum Gasteiger partial charge on any atom is 0.241 e. The summed E-state index contributed by atoms with van der Waals surface area (Å²) in [7, 11) is 0.972. The zero-order valence-electron chi connectivity index (χ0n) is 18.2. The molecule has 1 atom stereocenters. The molecule has 7 heteroatoms. The van der Waals surface area contributed by atoms with Crippen molar-refractivity contribution in [2.24, 2.45) is 0 Å². The van der Waals surface area contributed by atoms with Gasteiger partial charge in [0.2, 0.25) is 10.0 Å². The molecule has 0 spiro atoms. The maximum atomic E-state index is 13.2. The summed E-state index contributed by atoms with van der Waals surface area (Å²) in [6, 6.07) is 8.52. The predicted molar refractivity (Wildman–Crippen MR) is 115 cm³/mol. The van der Waals surface area contributed by atoms with E-state index in [-0.39, 0.29) is 10.8 Å². The van der Waals surface area contributed by atoms with Crippen LogP contribution in [0.1, 0.15) is 55.8 Å². The van der Waals surface area contributed by atoms with Crippen LogP contribution in [0.4, 0.5) is 0 Å². The topological polar surface area (TPSA) is 73.9 Å². The number of hydrogen-bond donors (Lipinski definition) is 1.